The van der Waals surface area contributed by atoms with E-state index in [0.717, 1.165) is 6.42 Å². The van der Waals surface area contributed by atoms with Crippen molar-refractivity contribution in [2.24, 2.45) is 0 Å². The number of aliphatic hydroxyl groups is 1. The molecule has 168 valence electrons. The van der Waals surface area contributed by atoms with Crippen molar-refractivity contribution < 1.29 is 14.3 Å². The molecule has 1 aliphatic heterocycles. The fourth-order valence-electron chi connectivity index (χ4n) is 4.58. The predicted octanol–water partition coefficient (Wildman–Crippen LogP) is 3.49. The van der Waals surface area contributed by atoms with E-state index in [2.05, 4.69) is 106 Å². The average molecular weight is 512 g/mol. The molecule has 1 unspecified atom stereocenters. The van der Waals surface area contributed by atoms with Gasteiger partial charge >= 0.3 is 199 Å². The molecule has 4 rings (SSSR count). The van der Waals surface area contributed by atoms with Crippen LogP contribution in [0.3, 0.4) is 0 Å². The normalized spacial score (nSPS) is 21.6. The van der Waals surface area contributed by atoms with Crippen LogP contribution in [0.25, 0.3) is 0 Å². The maximum atomic E-state index is 10.6. The summed E-state index contributed by atoms with van der Waals surface area (Å²) < 4.78 is 14.3. The second-order valence-corrected chi connectivity index (χ2v) is 16.4. The minimum atomic E-state index is -2.59. The number of hydrogen-bond donors (Lipinski definition) is 1. The van der Waals surface area contributed by atoms with Crippen molar-refractivity contribution in [1.29, 1.82) is 0 Å². The van der Waals surface area contributed by atoms with Gasteiger partial charge in [0.2, 0.25) is 0 Å². The molecule has 0 radical (unpaired) electrons. The van der Waals surface area contributed by atoms with E-state index in [-0.39, 0.29) is 30.9 Å². The third-order valence-corrected chi connectivity index (χ3v) is 13.8. The van der Waals surface area contributed by atoms with Crippen molar-refractivity contribution in [1.82, 2.24) is 0 Å². The zero-order valence-corrected chi connectivity index (χ0v) is 21.7. The molecule has 3 atom stereocenters. The molecule has 3 aromatic rings. The predicted molar refractivity (Wildman–Crippen MR) is 135 cm³/mol. The molecule has 0 aromatic heterocycles. The molecule has 1 aliphatic rings. The van der Waals surface area contributed by atoms with E-state index in [1.807, 2.05) is 6.07 Å². The van der Waals surface area contributed by atoms with Gasteiger partial charge in [0.25, 0.3) is 0 Å². The van der Waals surface area contributed by atoms with Gasteiger partial charge in [-0.2, -0.15) is 0 Å². The van der Waals surface area contributed by atoms with Gasteiger partial charge in [-0.1, -0.05) is 0 Å². The van der Waals surface area contributed by atoms with E-state index >= 15 is 0 Å². The maximum absolute atomic E-state index is 10.6. The number of benzene rings is 3. The van der Waals surface area contributed by atoms with Gasteiger partial charge in [0, 0.05) is 0 Å². The number of ether oxygens (including phenoxy) is 1. The van der Waals surface area contributed by atoms with E-state index < -0.39 is 14.6 Å². The molecule has 0 spiro atoms. The average Bonchev–Trinajstić information content (AvgIpc) is 3.14. The van der Waals surface area contributed by atoms with Crippen LogP contribution in [0, 0.1) is 0 Å². The minimum absolute atomic E-state index is 0.0691. The molecule has 1 N–H and O–H groups in total. The summed E-state index contributed by atoms with van der Waals surface area (Å²) in [7, 11) is -2.59. The molecule has 0 saturated carbocycles. The van der Waals surface area contributed by atoms with E-state index in [0.29, 0.717) is 6.61 Å². The summed E-state index contributed by atoms with van der Waals surface area (Å²) in [6.07, 6.45) is 0.0130. The SMILES string of the molecule is CC(C)(C)[Si](OC[C@H]1C[C@H]([Se]c2ccccc2)C(O)O1)(c1ccccc1)c1ccccc1. The zero-order valence-electron chi connectivity index (χ0n) is 19.0. The number of aliphatic hydroxyl groups excluding tert-OH is 1. The van der Waals surface area contributed by atoms with Crippen LogP contribution in [0.5, 0.6) is 0 Å². The van der Waals surface area contributed by atoms with Crippen molar-refractivity contribution in [2.45, 2.75) is 49.4 Å². The van der Waals surface area contributed by atoms with E-state index in [1.165, 1.54) is 14.8 Å². The van der Waals surface area contributed by atoms with Gasteiger partial charge in [0.15, 0.2) is 0 Å². The van der Waals surface area contributed by atoms with E-state index in [9.17, 15) is 5.11 Å². The Morgan fingerprint density at radius 1 is 0.875 bits per heavy atom. The Morgan fingerprint density at radius 3 is 1.88 bits per heavy atom. The fourth-order valence-corrected chi connectivity index (χ4v) is 11.6. The van der Waals surface area contributed by atoms with Crippen LogP contribution in [-0.4, -0.2) is 47.4 Å². The summed E-state index contributed by atoms with van der Waals surface area (Å²) in [6.45, 7) is 7.34. The molecule has 3 nitrogen and oxygen atoms in total. The molecule has 1 fully saturated rings. The summed E-state index contributed by atoms with van der Waals surface area (Å²) in [6, 6.07) is 31.8. The Hall–Kier alpha value is -1.72. The molecule has 0 bridgehead atoms. The molecule has 1 heterocycles. The standard InChI is InChI=1S/C27H32O3SeSi/c1-27(2,3)32(23-15-9-5-10-16-23,24-17-11-6-12-18-24)29-20-21-19-25(26(28)30-21)31-22-13-7-4-8-14-22/h4-18,21,25-26,28H,19-20H2,1-3H3/t21-,25+,26?/m1/s1. The Balaban J connectivity index is 1.57. The third-order valence-electron chi connectivity index (χ3n) is 6.08. The topological polar surface area (TPSA) is 38.7 Å². The van der Waals surface area contributed by atoms with Gasteiger partial charge in [-0.25, -0.2) is 0 Å². The van der Waals surface area contributed by atoms with Crippen molar-refractivity contribution >= 4 is 38.1 Å². The van der Waals surface area contributed by atoms with Crippen LogP contribution in [0.1, 0.15) is 27.2 Å². The second kappa shape index (κ2) is 10.0. The first kappa shape index (κ1) is 23.4. The number of rotatable bonds is 7. The van der Waals surface area contributed by atoms with Gasteiger partial charge in [0.1, 0.15) is 0 Å². The first-order chi connectivity index (χ1) is 15.4. The fraction of sp³-hybridized carbons (Fsp3) is 0.333. The van der Waals surface area contributed by atoms with Gasteiger partial charge < -0.3 is 0 Å². The molecule has 0 aliphatic carbocycles. The number of hydrogen-bond acceptors (Lipinski definition) is 3. The van der Waals surface area contributed by atoms with Crippen LogP contribution in [-0.2, 0) is 9.16 Å². The van der Waals surface area contributed by atoms with E-state index in [1.54, 1.807) is 0 Å². The van der Waals surface area contributed by atoms with Crippen molar-refractivity contribution in [3.05, 3.63) is 91.0 Å². The monoisotopic (exact) mass is 512 g/mol. The van der Waals surface area contributed by atoms with Crippen molar-refractivity contribution in [3.8, 4) is 0 Å². The first-order valence-electron chi connectivity index (χ1n) is 11.2. The Kier molecular flexibility index (Phi) is 7.36. The van der Waals surface area contributed by atoms with Gasteiger partial charge in [-0.3, -0.25) is 0 Å². The van der Waals surface area contributed by atoms with Crippen molar-refractivity contribution in [3.63, 3.8) is 0 Å². The summed E-state index contributed by atoms with van der Waals surface area (Å²) in [5.41, 5.74) is 0. The Morgan fingerprint density at radius 2 is 1.38 bits per heavy atom. The molecule has 0 amide bonds. The summed E-state index contributed by atoms with van der Waals surface area (Å²) >= 11 is 0.173. The van der Waals surface area contributed by atoms with Crippen LogP contribution in [0.4, 0.5) is 0 Å². The molecular formula is C27H32O3SeSi. The van der Waals surface area contributed by atoms with Gasteiger partial charge in [-0.15, -0.1) is 0 Å². The van der Waals surface area contributed by atoms with Crippen LogP contribution >= 0.6 is 0 Å². The summed E-state index contributed by atoms with van der Waals surface area (Å²) in [5.74, 6) is 0. The van der Waals surface area contributed by atoms with Crippen molar-refractivity contribution in [2.75, 3.05) is 6.61 Å². The molecule has 5 heteroatoms. The van der Waals surface area contributed by atoms with E-state index in [4.69, 9.17) is 9.16 Å². The third kappa shape index (κ3) is 4.94. The Labute approximate surface area is 199 Å². The molecule has 32 heavy (non-hydrogen) atoms. The van der Waals surface area contributed by atoms with Crippen LogP contribution < -0.4 is 14.8 Å². The summed E-state index contributed by atoms with van der Waals surface area (Å²) in [4.78, 5) is 0.151. The molecule has 1 saturated heterocycles. The quantitative estimate of drug-likeness (QED) is 0.494. The second-order valence-electron chi connectivity index (χ2n) is 9.33. The summed E-state index contributed by atoms with van der Waals surface area (Å²) in [5, 5.41) is 13.1. The molecule has 3 aromatic carbocycles. The Bertz CT molecular complexity index is 937. The van der Waals surface area contributed by atoms with Crippen LogP contribution in [0.15, 0.2) is 91.0 Å². The zero-order chi connectivity index (χ0) is 22.6. The van der Waals surface area contributed by atoms with Gasteiger partial charge in [0.05, 0.1) is 0 Å². The van der Waals surface area contributed by atoms with Gasteiger partial charge in [-0.05, 0) is 0 Å². The first-order valence-corrected chi connectivity index (χ1v) is 15.0. The molecular weight excluding hydrogens is 479 g/mol. The van der Waals surface area contributed by atoms with Crippen LogP contribution in [0.2, 0.25) is 9.85 Å².